The Morgan fingerprint density at radius 2 is 2.30 bits per heavy atom. The normalized spacial score (nSPS) is 14.3. The van der Waals surface area contributed by atoms with Gasteiger partial charge in [0.05, 0.1) is 12.1 Å². The molecule has 1 amide bonds. The molecule has 0 saturated heterocycles. The number of aromatic nitrogens is 2. The number of nitrogens with zero attached hydrogens (tertiary/aromatic N) is 3. The van der Waals surface area contributed by atoms with E-state index in [0.29, 0.717) is 19.0 Å². The molecular formula is C17H16BrN3OS. The summed E-state index contributed by atoms with van der Waals surface area (Å²) in [7, 11) is 0. The summed E-state index contributed by atoms with van der Waals surface area (Å²) in [5.41, 5.74) is 2.01. The smallest absolute Gasteiger partial charge is 0.229 e. The van der Waals surface area contributed by atoms with Crippen molar-refractivity contribution in [2.45, 2.75) is 31.8 Å². The molecule has 6 heteroatoms. The third kappa shape index (κ3) is 3.33. The fourth-order valence-corrected chi connectivity index (χ4v) is 3.92. The standard InChI is InChI=1S/C17H16BrN3OS/c18-13-3-1-2-12(8-13)10-21(15-4-5-15)16(22)9-14-11-20-6-7-23-17(20)19-14/h1-3,6-8,11,15H,4-5,9-10H2. The Morgan fingerprint density at radius 1 is 1.43 bits per heavy atom. The van der Waals surface area contributed by atoms with Gasteiger partial charge in [-0.25, -0.2) is 4.98 Å². The largest absolute Gasteiger partial charge is 0.335 e. The summed E-state index contributed by atoms with van der Waals surface area (Å²) in [4.78, 5) is 20.2. The van der Waals surface area contributed by atoms with Gasteiger partial charge in [-0.05, 0) is 30.5 Å². The van der Waals surface area contributed by atoms with Gasteiger partial charge in [-0.2, -0.15) is 0 Å². The molecule has 23 heavy (non-hydrogen) atoms. The second-order valence-electron chi connectivity index (χ2n) is 5.88. The van der Waals surface area contributed by atoms with Crippen LogP contribution in [-0.4, -0.2) is 26.2 Å². The third-order valence-corrected chi connectivity index (χ3v) is 5.29. The summed E-state index contributed by atoms with van der Waals surface area (Å²) in [6.45, 7) is 0.672. The number of benzene rings is 1. The molecule has 0 N–H and O–H groups in total. The monoisotopic (exact) mass is 389 g/mol. The van der Waals surface area contributed by atoms with Gasteiger partial charge in [-0.15, -0.1) is 11.3 Å². The van der Waals surface area contributed by atoms with E-state index in [-0.39, 0.29) is 5.91 Å². The van der Waals surface area contributed by atoms with E-state index in [0.717, 1.165) is 33.5 Å². The Hall–Kier alpha value is -1.66. The molecule has 1 aliphatic carbocycles. The van der Waals surface area contributed by atoms with Crippen LogP contribution in [0.25, 0.3) is 4.96 Å². The van der Waals surface area contributed by atoms with E-state index in [1.54, 1.807) is 11.3 Å². The molecule has 0 atom stereocenters. The first-order valence-corrected chi connectivity index (χ1v) is 9.31. The van der Waals surface area contributed by atoms with Gasteiger partial charge < -0.3 is 4.90 Å². The first-order chi connectivity index (χ1) is 11.2. The van der Waals surface area contributed by atoms with Crippen LogP contribution in [0, 0.1) is 0 Å². The van der Waals surface area contributed by atoms with E-state index in [9.17, 15) is 4.79 Å². The summed E-state index contributed by atoms with van der Waals surface area (Å²) in [5.74, 6) is 0.165. The molecule has 0 radical (unpaired) electrons. The van der Waals surface area contributed by atoms with Gasteiger partial charge in [0, 0.05) is 34.8 Å². The molecule has 3 aromatic rings. The topological polar surface area (TPSA) is 37.6 Å². The third-order valence-electron chi connectivity index (χ3n) is 4.03. The van der Waals surface area contributed by atoms with Crippen LogP contribution in [0.4, 0.5) is 0 Å². The van der Waals surface area contributed by atoms with Gasteiger partial charge >= 0.3 is 0 Å². The number of carbonyl (C=O) groups excluding carboxylic acids is 1. The maximum Gasteiger partial charge on any atom is 0.229 e. The molecule has 1 saturated carbocycles. The van der Waals surface area contributed by atoms with Crippen molar-refractivity contribution < 1.29 is 4.79 Å². The van der Waals surface area contributed by atoms with Gasteiger partial charge in [-0.1, -0.05) is 28.1 Å². The van der Waals surface area contributed by atoms with Crippen LogP contribution in [-0.2, 0) is 17.8 Å². The van der Waals surface area contributed by atoms with Crippen LogP contribution < -0.4 is 0 Å². The zero-order valence-corrected chi connectivity index (χ0v) is 14.9. The summed E-state index contributed by atoms with van der Waals surface area (Å²) in [6, 6.07) is 8.56. The SMILES string of the molecule is O=C(Cc1cn2ccsc2n1)N(Cc1cccc(Br)c1)C1CC1. The first kappa shape index (κ1) is 14.9. The molecule has 1 fully saturated rings. The van der Waals surface area contributed by atoms with E-state index >= 15 is 0 Å². The van der Waals surface area contributed by atoms with Crippen LogP contribution in [0.5, 0.6) is 0 Å². The second-order valence-corrected chi connectivity index (χ2v) is 7.67. The number of carbonyl (C=O) groups is 1. The fraction of sp³-hybridized carbons (Fsp3) is 0.294. The minimum Gasteiger partial charge on any atom is -0.335 e. The molecule has 0 spiro atoms. The minimum absolute atomic E-state index is 0.165. The van der Waals surface area contributed by atoms with Crippen molar-refractivity contribution in [2.24, 2.45) is 0 Å². The molecule has 0 bridgehead atoms. The van der Waals surface area contributed by atoms with Crippen LogP contribution >= 0.6 is 27.3 Å². The maximum atomic E-state index is 12.8. The molecule has 0 aliphatic heterocycles. The second kappa shape index (κ2) is 6.09. The number of rotatable bonds is 5. The quantitative estimate of drug-likeness (QED) is 0.663. The summed E-state index contributed by atoms with van der Waals surface area (Å²) < 4.78 is 3.02. The number of fused-ring (bicyclic) bond motifs is 1. The van der Waals surface area contributed by atoms with Crippen molar-refractivity contribution >= 4 is 38.1 Å². The predicted molar refractivity (Wildman–Crippen MR) is 94.5 cm³/mol. The number of thiazole rings is 1. The Kier molecular flexibility index (Phi) is 3.95. The average molecular weight is 390 g/mol. The molecule has 118 valence electrons. The van der Waals surface area contributed by atoms with Crippen LogP contribution in [0.2, 0.25) is 0 Å². The van der Waals surface area contributed by atoms with Gasteiger partial charge in [0.1, 0.15) is 0 Å². The fourth-order valence-electron chi connectivity index (χ4n) is 2.76. The van der Waals surface area contributed by atoms with Crippen LogP contribution in [0.15, 0.2) is 46.5 Å². The van der Waals surface area contributed by atoms with Crippen LogP contribution in [0.1, 0.15) is 24.1 Å². The molecular weight excluding hydrogens is 374 g/mol. The Bertz CT molecular complexity index is 824. The van der Waals surface area contributed by atoms with Crippen molar-refractivity contribution in [2.75, 3.05) is 0 Å². The van der Waals surface area contributed by atoms with Crippen molar-refractivity contribution in [3.63, 3.8) is 0 Å². The molecule has 2 aromatic heterocycles. The lowest BCUT2D eigenvalue weighted by Crippen LogP contribution is -2.33. The molecule has 2 heterocycles. The van der Waals surface area contributed by atoms with E-state index < -0.39 is 0 Å². The highest BCUT2D eigenvalue weighted by Crippen LogP contribution is 2.29. The molecule has 4 rings (SSSR count). The molecule has 1 aliphatic rings. The number of hydrogen-bond donors (Lipinski definition) is 0. The summed E-state index contributed by atoms with van der Waals surface area (Å²) in [5, 5.41) is 2.00. The van der Waals surface area contributed by atoms with E-state index in [4.69, 9.17) is 0 Å². The predicted octanol–water partition coefficient (Wildman–Crippen LogP) is 3.89. The lowest BCUT2D eigenvalue weighted by Gasteiger charge is -2.22. The highest BCUT2D eigenvalue weighted by Gasteiger charge is 2.32. The minimum atomic E-state index is 0.165. The summed E-state index contributed by atoms with van der Waals surface area (Å²) in [6.07, 6.45) is 6.52. The van der Waals surface area contributed by atoms with Gasteiger partial charge in [0.25, 0.3) is 0 Å². The number of halogens is 1. The van der Waals surface area contributed by atoms with Gasteiger partial charge in [0.15, 0.2) is 4.96 Å². The summed E-state index contributed by atoms with van der Waals surface area (Å²) >= 11 is 5.08. The van der Waals surface area contributed by atoms with Crippen molar-refractivity contribution in [1.82, 2.24) is 14.3 Å². The van der Waals surface area contributed by atoms with Gasteiger partial charge in [0.2, 0.25) is 5.91 Å². The van der Waals surface area contributed by atoms with Crippen LogP contribution in [0.3, 0.4) is 0 Å². The van der Waals surface area contributed by atoms with Crippen molar-refractivity contribution in [1.29, 1.82) is 0 Å². The average Bonchev–Trinajstić information content (AvgIpc) is 3.14. The number of hydrogen-bond acceptors (Lipinski definition) is 3. The highest BCUT2D eigenvalue weighted by molar-refractivity contribution is 9.10. The number of imidazole rings is 1. The Morgan fingerprint density at radius 3 is 3.04 bits per heavy atom. The van der Waals surface area contributed by atoms with E-state index in [1.807, 2.05) is 39.2 Å². The lowest BCUT2D eigenvalue weighted by molar-refractivity contribution is -0.131. The maximum absolute atomic E-state index is 12.8. The zero-order chi connectivity index (χ0) is 15.8. The number of amides is 1. The van der Waals surface area contributed by atoms with Crippen molar-refractivity contribution in [3.05, 3.63) is 57.8 Å². The van der Waals surface area contributed by atoms with E-state index in [2.05, 4.69) is 33.0 Å². The zero-order valence-electron chi connectivity index (χ0n) is 12.5. The van der Waals surface area contributed by atoms with E-state index in [1.165, 1.54) is 0 Å². The van der Waals surface area contributed by atoms with Gasteiger partial charge in [-0.3, -0.25) is 9.20 Å². The lowest BCUT2D eigenvalue weighted by atomic mass is 10.2. The molecule has 4 nitrogen and oxygen atoms in total. The Labute approximate surface area is 146 Å². The molecule has 0 unspecified atom stereocenters. The Balaban J connectivity index is 1.50. The molecule has 1 aromatic carbocycles. The first-order valence-electron chi connectivity index (χ1n) is 7.64. The van der Waals surface area contributed by atoms with Crippen molar-refractivity contribution in [3.8, 4) is 0 Å². The highest BCUT2D eigenvalue weighted by atomic mass is 79.9.